The van der Waals surface area contributed by atoms with Crippen molar-refractivity contribution in [3.05, 3.63) is 18.0 Å². The first kappa shape index (κ1) is 12.1. The molecule has 1 aliphatic heterocycles. The third-order valence-electron chi connectivity index (χ3n) is 3.50. The maximum atomic E-state index is 11.4. The lowest BCUT2D eigenvalue weighted by atomic mass is 9.83. The first-order valence-corrected chi connectivity index (χ1v) is 6.00. The van der Waals surface area contributed by atoms with E-state index in [1.807, 2.05) is 6.92 Å². The molecule has 0 aliphatic carbocycles. The van der Waals surface area contributed by atoms with Gasteiger partial charge in [-0.15, -0.1) is 0 Å². The molecular weight excluding hydrogens is 220 g/mol. The van der Waals surface area contributed by atoms with Crippen LogP contribution in [-0.4, -0.2) is 34.2 Å². The van der Waals surface area contributed by atoms with E-state index in [4.69, 9.17) is 4.52 Å². The van der Waals surface area contributed by atoms with Crippen molar-refractivity contribution in [1.29, 1.82) is 0 Å². The van der Waals surface area contributed by atoms with E-state index in [9.17, 15) is 9.90 Å². The van der Waals surface area contributed by atoms with E-state index in [-0.39, 0.29) is 0 Å². The third kappa shape index (κ3) is 2.49. The maximum Gasteiger partial charge on any atom is 0.310 e. The molecule has 1 aromatic heterocycles. The lowest BCUT2D eigenvalue weighted by Crippen LogP contribution is -2.34. The van der Waals surface area contributed by atoms with Crippen LogP contribution in [0.25, 0.3) is 0 Å². The van der Waals surface area contributed by atoms with Crippen molar-refractivity contribution >= 4 is 5.97 Å². The van der Waals surface area contributed by atoms with Crippen LogP contribution in [-0.2, 0) is 11.3 Å². The molecule has 1 N–H and O–H groups in total. The molecule has 0 saturated carbocycles. The average molecular weight is 238 g/mol. The van der Waals surface area contributed by atoms with Crippen molar-refractivity contribution in [2.75, 3.05) is 13.1 Å². The molecular formula is C12H18N2O3. The number of carbonyl (C=O) groups is 1. The second-order valence-electron chi connectivity index (χ2n) is 4.83. The monoisotopic (exact) mass is 238 g/mol. The SMILES string of the molecule is CCCC1(C(=O)O)CCN(Cc2cnoc2)C1. The lowest BCUT2D eigenvalue weighted by molar-refractivity contribution is -0.148. The molecule has 5 nitrogen and oxygen atoms in total. The molecule has 17 heavy (non-hydrogen) atoms. The highest BCUT2D eigenvalue weighted by atomic mass is 16.5. The number of hydrogen-bond donors (Lipinski definition) is 1. The minimum atomic E-state index is -0.660. The van der Waals surface area contributed by atoms with Gasteiger partial charge in [0, 0.05) is 18.7 Å². The molecule has 0 spiro atoms. The first-order valence-electron chi connectivity index (χ1n) is 6.00. The largest absolute Gasteiger partial charge is 0.481 e. The summed E-state index contributed by atoms with van der Waals surface area (Å²) in [5.41, 5.74) is 0.453. The van der Waals surface area contributed by atoms with E-state index in [0.717, 1.165) is 37.9 Å². The molecule has 0 radical (unpaired) electrons. The summed E-state index contributed by atoms with van der Waals surface area (Å²) in [6, 6.07) is 0. The van der Waals surface area contributed by atoms with Crippen molar-refractivity contribution in [1.82, 2.24) is 10.1 Å². The number of carboxylic acid groups (broad SMARTS) is 1. The zero-order valence-electron chi connectivity index (χ0n) is 10.1. The van der Waals surface area contributed by atoms with Crippen molar-refractivity contribution < 1.29 is 14.4 Å². The quantitative estimate of drug-likeness (QED) is 0.846. The van der Waals surface area contributed by atoms with Crippen LogP contribution in [0, 0.1) is 5.41 Å². The minimum Gasteiger partial charge on any atom is -0.481 e. The van der Waals surface area contributed by atoms with Crippen LogP contribution in [0.4, 0.5) is 0 Å². The highest BCUT2D eigenvalue weighted by Gasteiger charge is 2.43. The van der Waals surface area contributed by atoms with Gasteiger partial charge < -0.3 is 9.63 Å². The Morgan fingerprint density at radius 1 is 1.71 bits per heavy atom. The van der Waals surface area contributed by atoms with Crippen LogP contribution in [0.2, 0.25) is 0 Å². The van der Waals surface area contributed by atoms with Gasteiger partial charge >= 0.3 is 5.97 Å². The predicted molar refractivity (Wildman–Crippen MR) is 61.4 cm³/mol. The third-order valence-corrected chi connectivity index (χ3v) is 3.50. The fraction of sp³-hybridized carbons (Fsp3) is 0.667. The fourth-order valence-electron chi connectivity index (χ4n) is 2.62. The van der Waals surface area contributed by atoms with E-state index in [0.29, 0.717) is 6.54 Å². The number of rotatable bonds is 5. The van der Waals surface area contributed by atoms with E-state index in [2.05, 4.69) is 10.1 Å². The van der Waals surface area contributed by atoms with Crippen molar-refractivity contribution in [3.8, 4) is 0 Å². The van der Waals surface area contributed by atoms with E-state index < -0.39 is 11.4 Å². The molecule has 2 heterocycles. The van der Waals surface area contributed by atoms with E-state index in [1.54, 1.807) is 12.5 Å². The van der Waals surface area contributed by atoms with Gasteiger partial charge in [0.1, 0.15) is 6.26 Å². The number of carboxylic acids is 1. The topological polar surface area (TPSA) is 66.6 Å². The molecule has 5 heteroatoms. The Hall–Kier alpha value is -1.36. The summed E-state index contributed by atoms with van der Waals surface area (Å²) in [6.07, 6.45) is 5.69. The van der Waals surface area contributed by atoms with Crippen LogP contribution in [0.1, 0.15) is 31.7 Å². The zero-order chi connectivity index (χ0) is 12.3. The summed E-state index contributed by atoms with van der Waals surface area (Å²) in [7, 11) is 0. The molecule has 1 saturated heterocycles. The van der Waals surface area contributed by atoms with Crippen molar-refractivity contribution in [2.24, 2.45) is 5.41 Å². The summed E-state index contributed by atoms with van der Waals surface area (Å²) < 4.78 is 4.78. The second-order valence-corrected chi connectivity index (χ2v) is 4.83. The molecule has 1 aliphatic rings. The molecule has 0 bridgehead atoms. The molecule has 0 aromatic carbocycles. The minimum absolute atomic E-state index is 0.550. The van der Waals surface area contributed by atoms with E-state index >= 15 is 0 Å². The smallest absolute Gasteiger partial charge is 0.310 e. The summed E-state index contributed by atoms with van der Waals surface area (Å²) in [5, 5.41) is 13.0. The summed E-state index contributed by atoms with van der Waals surface area (Å²) >= 11 is 0. The lowest BCUT2D eigenvalue weighted by Gasteiger charge is -2.24. The Morgan fingerprint density at radius 2 is 2.53 bits per heavy atom. The van der Waals surface area contributed by atoms with Gasteiger partial charge in [-0.2, -0.15) is 0 Å². The fourth-order valence-corrected chi connectivity index (χ4v) is 2.62. The summed E-state index contributed by atoms with van der Waals surface area (Å²) in [4.78, 5) is 13.6. The first-order chi connectivity index (χ1) is 8.16. The zero-order valence-corrected chi connectivity index (χ0v) is 10.1. The Bertz CT molecular complexity index is 377. The van der Waals surface area contributed by atoms with Gasteiger partial charge in [0.05, 0.1) is 11.6 Å². The van der Waals surface area contributed by atoms with Gasteiger partial charge in [0.25, 0.3) is 0 Å². The normalized spacial score (nSPS) is 25.2. The number of nitrogens with zero attached hydrogens (tertiary/aromatic N) is 2. The van der Waals surface area contributed by atoms with Crippen LogP contribution in [0.3, 0.4) is 0 Å². The van der Waals surface area contributed by atoms with Crippen LogP contribution in [0.5, 0.6) is 0 Å². The Morgan fingerprint density at radius 3 is 3.12 bits per heavy atom. The number of hydrogen-bond acceptors (Lipinski definition) is 4. The van der Waals surface area contributed by atoms with Gasteiger partial charge in [0.15, 0.2) is 0 Å². The Kier molecular flexibility index (Phi) is 3.47. The maximum absolute atomic E-state index is 11.4. The predicted octanol–water partition coefficient (Wildman–Crippen LogP) is 1.75. The molecule has 1 fully saturated rings. The Balaban J connectivity index is 1.99. The Labute approximate surface area is 100 Å². The van der Waals surface area contributed by atoms with Crippen LogP contribution >= 0.6 is 0 Å². The van der Waals surface area contributed by atoms with E-state index in [1.165, 1.54) is 0 Å². The molecule has 94 valence electrons. The van der Waals surface area contributed by atoms with Gasteiger partial charge in [-0.25, -0.2) is 0 Å². The molecule has 1 unspecified atom stereocenters. The molecule has 1 aromatic rings. The number of likely N-dealkylation sites (tertiary alicyclic amines) is 1. The standard InChI is InChI=1S/C12H18N2O3/c1-2-3-12(11(15)16)4-5-14(9-12)7-10-6-13-17-8-10/h6,8H,2-5,7,9H2,1H3,(H,15,16). The van der Waals surface area contributed by atoms with Gasteiger partial charge in [0.2, 0.25) is 0 Å². The van der Waals surface area contributed by atoms with Gasteiger partial charge in [-0.1, -0.05) is 18.5 Å². The highest BCUT2D eigenvalue weighted by Crippen LogP contribution is 2.36. The van der Waals surface area contributed by atoms with Gasteiger partial charge in [-0.3, -0.25) is 9.69 Å². The summed E-state index contributed by atoms with van der Waals surface area (Å²) in [5.74, 6) is -0.660. The second kappa shape index (κ2) is 4.87. The van der Waals surface area contributed by atoms with Crippen molar-refractivity contribution in [3.63, 3.8) is 0 Å². The highest BCUT2D eigenvalue weighted by molar-refractivity contribution is 5.75. The number of aliphatic carboxylic acids is 1. The molecule has 0 amide bonds. The average Bonchev–Trinajstić information content (AvgIpc) is 2.90. The molecule has 1 atom stereocenters. The summed E-state index contributed by atoms with van der Waals surface area (Å²) in [6.45, 7) is 4.22. The van der Waals surface area contributed by atoms with Crippen LogP contribution in [0.15, 0.2) is 17.0 Å². The van der Waals surface area contributed by atoms with Crippen molar-refractivity contribution in [2.45, 2.75) is 32.7 Å². The van der Waals surface area contributed by atoms with Crippen LogP contribution < -0.4 is 0 Å². The number of aromatic nitrogens is 1. The molecule has 2 rings (SSSR count). The van der Waals surface area contributed by atoms with Gasteiger partial charge in [-0.05, 0) is 19.4 Å².